The minimum Gasteiger partial charge on any atom is -0.756 e. The number of aliphatic hydroxyl groups excluding tert-OH is 1. The summed E-state index contributed by atoms with van der Waals surface area (Å²) in [7, 11) is 1.21. The van der Waals surface area contributed by atoms with Gasteiger partial charge in [0.15, 0.2) is 0 Å². The van der Waals surface area contributed by atoms with Crippen molar-refractivity contribution < 1.29 is 32.9 Å². The second-order valence-electron chi connectivity index (χ2n) is 15.3. The Morgan fingerprint density at radius 3 is 1.50 bits per heavy atom. The van der Waals surface area contributed by atoms with Crippen molar-refractivity contribution in [3.63, 3.8) is 0 Å². The maximum Gasteiger partial charge on any atom is 0.268 e. The van der Waals surface area contributed by atoms with Gasteiger partial charge in [-0.15, -0.1) is 0 Å². The van der Waals surface area contributed by atoms with Gasteiger partial charge in [0.05, 0.1) is 39.9 Å². The molecule has 0 aromatic heterocycles. The Kier molecular flexibility index (Phi) is 37.3. The number of carbonyl (C=O) groups is 1. The summed E-state index contributed by atoms with van der Waals surface area (Å²) in [5.74, 6) is -0.236. The van der Waals surface area contributed by atoms with Gasteiger partial charge in [-0.2, -0.15) is 0 Å². The average molecular weight is 825 g/mol. The van der Waals surface area contributed by atoms with Crippen molar-refractivity contribution in [1.29, 1.82) is 0 Å². The van der Waals surface area contributed by atoms with E-state index in [4.69, 9.17) is 9.05 Å². The van der Waals surface area contributed by atoms with Gasteiger partial charge >= 0.3 is 0 Å². The van der Waals surface area contributed by atoms with Crippen molar-refractivity contribution >= 4 is 13.7 Å². The van der Waals surface area contributed by atoms with Gasteiger partial charge in [0.1, 0.15) is 13.2 Å². The fraction of sp³-hybridized carbons (Fsp3) is 0.571. The van der Waals surface area contributed by atoms with Crippen LogP contribution >= 0.6 is 7.82 Å². The van der Waals surface area contributed by atoms with Gasteiger partial charge < -0.3 is 28.8 Å². The molecule has 0 aromatic carbocycles. The first-order valence-corrected chi connectivity index (χ1v) is 23.4. The lowest BCUT2D eigenvalue weighted by Gasteiger charge is -2.29. The smallest absolute Gasteiger partial charge is 0.268 e. The molecule has 1 amide bonds. The number of aliphatic hydroxyl groups is 1. The molecule has 0 saturated heterocycles. The van der Waals surface area contributed by atoms with Crippen molar-refractivity contribution in [2.75, 3.05) is 40.9 Å². The van der Waals surface area contributed by atoms with Gasteiger partial charge in [0, 0.05) is 6.42 Å². The third kappa shape index (κ3) is 41.1. The molecule has 0 fully saturated rings. The van der Waals surface area contributed by atoms with Gasteiger partial charge in [0.25, 0.3) is 7.82 Å². The minimum absolute atomic E-state index is 0.0143. The van der Waals surface area contributed by atoms with Gasteiger partial charge in [-0.05, 0) is 83.5 Å². The average Bonchev–Trinajstić information content (AvgIpc) is 3.17. The van der Waals surface area contributed by atoms with Crippen LogP contribution in [0.1, 0.15) is 129 Å². The number of phosphoric ester groups is 1. The SMILES string of the molecule is CC/C=C\C/C=C\C/C=C\C/C=C\C/C=C\C/C=C\C/C=C\C/C=C\C/C=C\CCCCCCCC(=O)NC(COP(=O)([O-])OCC[N+](C)(C)C)C(O)/C=C/CCC. The van der Waals surface area contributed by atoms with E-state index in [2.05, 4.69) is 122 Å². The summed E-state index contributed by atoms with van der Waals surface area (Å²) in [5.41, 5.74) is 0. The monoisotopic (exact) mass is 825 g/mol. The molecule has 0 aliphatic heterocycles. The highest BCUT2D eigenvalue weighted by Gasteiger charge is 2.23. The molecule has 8 nitrogen and oxygen atoms in total. The number of nitrogens with one attached hydrogen (secondary N) is 1. The van der Waals surface area contributed by atoms with E-state index >= 15 is 0 Å². The van der Waals surface area contributed by atoms with Gasteiger partial charge in [-0.3, -0.25) is 9.36 Å². The third-order valence-corrected chi connectivity index (χ3v) is 9.62. The Hall–Kier alpha value is -3.10. The number of amides is 1. The van der Waals surface area contributed by atoms with Crippen LogP contribution in [0.25, 0.3) is 0 Å². The normalized spacial score (nSPS) is 15.5. The number of quaternary nitrogens is 1. The Balaban J connectivity index is 4.02. The third-order valence-electron chi connectivity index (χ3n) is 8.66. The first-order valence-electron chi connectivity index (χ1n) is 21.9. The quantitative estimate of drug-likeness (QED) is 0.0280. The zero-order valence-corrected chi connectivity index (χ0v) is 37.8. The maximum atomic E-state index is 12.7. The van der Waals surface area contributed by atoms with Crippen LogP contribution in [-0.2, 0) is 18.4 Å². The number of likely N-dealkylation sites (N-methyl/N-ethyl adjacent to an activating group) is 1. The van der Waals surface area contributed by atoms with Crippen LogP contribution in [-0.4, -0.2) is 68.5 Å². The molecule has 58 heavy (non-hydrogen) atoms. The number of carbonyl (C=O) groups excluding carboxylic acids is 1. The molecule has 0 heterocycles. The zero-order valence-electron chi connectivity index (χ0n) is 36.9. The number of nitrogens with zero attached hydrogens (tertiary/aromatic N) is 1. The highest BCUT2D eigenvalue weighted by molar-refractivity contribution is 7.45. The minimum atomic E-state index is -4.58. The lowest BCUT2D eigenvalue weighted by Crippen LogP contribution is -2.45. The molecule has 0 spiro atoms. The summed E-state index contributed by atoms with van der Waals surface area (Å²) in [6.07, 6.45) is 59.2. The fourth-order valence-corrected chi connectivity index (χ4v) is 5.93. The molecule has 0 aliphatic rings. The van der Waals surface area contributed by atoms with Crippen LogP contribution < -0.4 is 10.2 Å². The van der Waals surface area contributed by atoms with Gasteiger partial charge in [-0.25, -0.2) is 0 Å². The second kappa shape index (κ2) is 39.4. The van der Waals surface area contributed by atoms with E-state index in [1.54, 1.807) is 6.08 Å². The first-order chi connectivity index (χ1) is 28.0. The fourth-order valence-electron chi connectivity index (χ4n) is 5.21. The Morgan fingerprint density at radius 1 is 0.621 bits per heavy atom. The number of unbranched alkanes of at least 4 members (excludes halogenated alkanes) is 6. The van der Waals surface area contributed by atoms with Crippen LogP contribution in [0, 0.1) is 0 Å². The molecular weight excluding hydrogens is 744 g/mol. The van der Waals surface area contributed by atoms with E-state index in [0.717, 1.165) is 109 Å². The molecule has 3 atom stereocenters. The van der Waals surface area contributed by atoms with Crippen molar-refractivity contribution in [1.82, 2.24) is 5.32 Å². The summed E-state index contributed by atoms with van der Waals surface area (Å²) < 4.78 is 22.8. The molecule has 328 valence electrons. The number of hydrogen-bond acceptors (Lipinski definition) is 6. The Labute approximate surface area is 354 Å². The van der Waals surface area contributed by atoms with E-state index in [0.29, 0.717) is 17.4 Å². The first kappa shape index (κ1) is 54.9. The molecule has 0 aromatic rings. The summed E-state index contributed by atoms with van der Waals surface area (Å²) in [6.45, 7) is 4.25. The van der Waals surface area contributed by atoms with Crippen LogP contribution in [0.3, 0.4) is 0 Å². The van der Waals surface area contributed by atoms with Crippen molar-refractivity contribution in [2.45, 2.75) is 142 Å². The molecule has 9 heteroatoms. The zero-order chi connectivity index (χ0) is 42.8. The van der Waals surface area contributed by atoms with Crippen molar-refractivity contribution in [3.8, 4) is 0 Å². The van der Waals surface area contributed by atoms with Gasteiger partial charge in [-0.1, -0.05) is 161 Å². The summed E-state index contributed by atoms with van der Waals surface area (Å²) in [4.78, 5) is 24.9. The van der Waals surface area contributed by atoms with E-state index in [9.17, 15) is 19.4 Å². The van der Waals surface area contributed by atoms with Crippen molar-refractivity contribution in [3.05, 3.63) is 122 Å². The molecule has 0 aliphatic carbocycles. The summed E-state index contributed by atoms with van der Waals surface area (Å²) in [5, 5.41) is 13.4. The molecular formula is C49H81N2O6P. The number of hydrogen-bond donors (Lipinski definition) is 2. The second-order valence-corrected chi connectivity index (χ2v) is 16.7. The molecule has 0 saturated carbocycles. The predicted molar refractivity (Wildman–Crippen MR) is 246 cm³/mol. The largest absolute Gasteiger partial charge is 0.756 e. The standard InChI is InChI=1S/C49H81N2O6P/c1-6-8-10-11-12-13-14-15-16-17-18-19-20-21-22-23-24-25-26-27-28-29-30-31-32-33-34-35-36-37-38-39-41-43-49(53)50-47(48(52)42-40-9-7-2)46-57-58(54,55)56-45-44-51(3,4)5/h8,10,12-13,15-16,18-19,21-22,24-25,27-28,30-31,33-34,40,42,47-48,52H,6-7,9,11,14,17,20,23,26,29,32,35-39,41,43-46H2,1-5H3,(H-,50,53,54,55)/b10-8-,13-12-,16-15-,19-18-,22-21-,25-24-,28-27-,31-30-,34-33-,42-40+. The van der Waals surface area contributed by atoms with Crippen LogP contribution in [0.5, 0.6) is 0 Å². The number of rotatable bonds is 37. The lowest BCUT2D eigenvalue weighted by molar-refractivity contribution is -0.870. The number of phosphoric acid groups is 1. The number of allylic oxidation sites excluding steroid dienone is 19. The molecule has 2 N–H and O–H groups in total. The molecule has 0 rings (SSSR count). The van der Waals surface area contributed by atoms with Gasteiger partial charge in [0.2, 0.25) is 5.91 Å². The van der Waals surface area contributed by atoms with E-state index in [1.807, 2.05) is 34.1 Å². The lowest BCUT2D eigenvalue weighted by atomic mass is 10.1. The Bertz CT molecular complexity index is 1350. The molecule has 0 radical (unpaired) electrons. The van der Waals surface area contributed by atoms with E-state index < -0.39 is 26.6 Å². The topological polar surface area (TPSA) is 108 Å². The van der Waals surface area contributed by atoms with Crippen LogP contribution in [0.15, 0.2) is 122 Å². The van der Waals surface area contributed by atoms with E-state index in [1.165, 1.54) is 0 Å². The van der Waals surface area contributed by atoms with Crippen LogP contribution in [0.4, 0.5) is 0 Å². The Morgan fingerprint density at radius 2 is 1.05 bits per heavy atom. The molecule has 0 bridgehead atoms. The van der Waals surface area contributed by atoms with E-state index in [-0.39, 0.29) is 12.5 Å². The highest BCUT2D eigenvalue weighted by atomic mass is 31.2. The van der Waals surface area contributed by atoms with Crippen molar-refractivity contribution in [2.24, 2.45) is 0 Å². The van der Waals surface area contributed by atoms with Crippen LogP contribution in [0.2, 0.25) is 0 Å². The maximum absolute atomic E-state index is 12.7. The molecule has 3 unspecified atom stereocenters. The highest BCUT2D eigenvalue weighted by Crippen LogP contribution is 2.38. The summed E-state index contributed by atoms with van der Waals surface area (Å²) >= 11 is 0. The summed E-state index contributed by atoms with van der Waals surface area (Å²) in [6, 6.07) is -0.901. The predicted octanol–water partition coefficient (Wildman–Crippen LogP) is 11.7.